The van der Waals surface area contributed by atoms with Crippen LogP contribution in [0.1, 0.15) is 28.1 Å². The lowest BCUT2D eigenvalue weighted by molar-refractivity contribution is 0.336. The second-order valence-electron chi connectivity index (χ2n) is 5.54. The van der Waals surface area contributed by atoms with Gasteiger partial charge in [0.2, 0.25) is 0 Å². The van der Waals surface area contributed by atoms with Crippen molar-refractivity contribution < 1.29 is 4.74 Å². The molecule has 136 valence electrons. The molecule has 7 heteroatoms. The maximum absolute atomic E-state index is 6.04. The molecule has 2 N–H and O–H groups in total. The molecule has 0 aliphatic heterocycles. The predicted octanol–water partition coefficient (Wildman–Crippen LogP) is 3.72. The van der Waals surface area contributed by atoms with Gasteiger partial charge in [0.15, 0.2) is 5.96 Å². The lowest BCUT2D eigenvalue weighted by Gasteiger charge is -2.14. The zero-order valence-corrected chi connectivity index (χ0v) is 16.7. The highest BCUT2D eigenvalue weighted by molar-refractivity contribution is 7.11. The summed E-state index contributed by atoms with van der Waals surface area (Å²) in [4.78, 5) is 10.1. The SMILES string of the molecule is CCOc1cc(Cl)ccc1CNC(=NC)NCCc1nc(C)c(C)s1. The first kappa shape index (κ1) is 19.5. The Morgan fingerprint density at radius 3 is 2.76 bits per heavy atom. The smallest absolute Gasteiger partial charge is 0.191 e. The monoisotopic (exact) mass is 380 g/mol. The van der Waals surface area contributed by atoms with E-state index in [9.17, 15) is 0 Å². The van der Waals surface area contributed by atoms with Gasteiger partial charge in [0.25, 0.3) is 0 Å². The second-order valence-corrected chi connectivity index (χ2v) is 7.26. The zero-order valence-electron chi connectivity index (χ0n) is 15.1. The molecule has 0 aliphatic rings. The van der Waals surface area contributed by atoms with Crippen molar-refractivity contribution >= 4 is 28.9 Å². The number of aromatic nitrogens is 1. The van der Waals surface area contributed by atoms with Gasteiger partial charge in [0.1, 0.15) is 5.75 Å². The highest BCUT2D eigenvalue weighted by Crippen LogP contribution is 2.23. The van der Waals surface area contributed by atoms with E-state index in [1.807, 2.05) is 32.0 Å². The molecule has 2 aromatic rings. The number of ether oxygens (including phenoxy) is 1. The average molecular weight is 381 g/mol. The fourth-order valence-electron chi connectivity index (χ4n) is 2.30. The van der Waals surface area contributed by atoms with Crippen molar-refractivity contribution in [3.63, 3.8) is 0 Å². The lowest BCUT2D eigenvalue weighted by Crippen LogP contribution is -2.37. The number of rotatable bonds is 7. The minimum atomic E-state index is 0.604. The minimum absolute atomic E-state index is 0.604. The van der Waals surface area contributed by atoms with Gasteiger partial charge < -0.3 is 15.4 Å². The molecule has 1 aromatic carbocycles. The van der Waals surface area contributed by atoms with E-state index < -0.39 is 0 Å². The van der Waals surface area contributed by atoms with Gasteiger partial charge in [-0.3, -0.25) is 4.99 Å². The summed E-state index contributed by atoms with van der Waals surface area (Å²) in [5.41, 5.74) is 2.16. The van der Waals surface area contributed by atoms with Gasteiger partial charge in [0, 0.05) is 42.0 Å². The first-order chi connectivity index (χ1) is 12.0. The van der Waals surface area contributed by atoms with Gasteiger partial charge in [0.05, 0.1) is 17.3 Å². The number of hydrogen-bond donors (Lipinski definition) is 2. The summed E-state index contributed by atoms with van der Waals surface area (Å²) >= 11 is 7.79. The maximum Gasteiger partial charge on any atom is 0.191 e. The van der Waals surface area contributed by atoms with E-state index in [1.165, 1.54) is 4.88 Å². The maximum atomic E-state index is 6.04. The topological polar surface area (TPSA) is 58.5 Å². The molecule has 0 spiro atoms. The van der Waals surface area contributed by atoms with Crippen molar-refractivity contribution in [3.05, 3.63) is 44.4 Å². The van der Waals surface area contributed by atoms with Gasteiger partial charge in [-0.05, 0) is 32.9 Å². The van der Waals surface area contributed by atoms with Crippen LogP contribution in [0.3, 0.4) is 0 Å². The fraction of sp³-hybridized carbons (Fsp3) is 0.444. The van der Waals surface area contributed by atoms with E-state index in [2.05, 4.69) is 27.5 Å². The number of halogens is 1. The van der Waals surface area contributed by atoms with E-state index >= 15 is 0 Å². The highest BCUT2D eigenvalue weighted by Gasteiger charge is 2.07. The Hall–Kier alpha value is -1.79. The molecular formula is C18H25ClN4OS. The third kappa shape index (κ3) is 5.90. The summed E-state index contributed by atoms with van der Waals surface area (Å²) in [5.74, 6) is 1.55. The molecule has 0 saturated carbocycles. The van der Waals surface area contributed by atoms with Crippen molar-refractivity contribution in [2.75, 3.05) is 20.2 Å². The highest BCUT2D eigenvalue weighted by atomic mass is 35.5. The molecule has 5 nitrogen and oxygen atoms in total. The summed E-state index contributed by atoms with van der Waals surface area (Å²) in [6.45, 7) is 8.11. The van der Waals surface area contributed by atoms with E-state index in [0.29, 0.717) is 18.2 Å². The van der Waals surface area contributed by atoms with Gasteiger partial charge >= 0.3 is 0 Å². The molecule has 0 atom stereocenters. The molecule has 0 aliphatic carbocycles. The molecular weight excluding hydrogens is 356 g/mol. The first-order valence-electron chi connectivity index (χ1n) is 8.32. The fourth-order valence-corrected chi connectivity index (χ4v) is 3.39. The number of nitrogens with one attached hydrogen (secondary N) is 2. The molecule has 1 aromatic heterocycles. The Kier molecular flexibility index (Phi) is 7.52. The quantitative estimate of drug-likeness (QED) is 0.567. The normalized spacial score (nSPS) is 11.5. The molecule has 0 amide bonds. The Balaban J connectivity index is 1.86. The molecule has 0 bridgehead atoms. The van der Waals surface area contributed by atoms with Crippen LogP contribution in [-0.4, -0.2) is 31.1 Å². The number of nitrogens with zero attached hydrogens (tertiary/aromatic N) is 2. The number of guanidine groups is 1. The van der Waals surface area contributed by atoms with Crippen molar-refractivity contribution in [2.24, 2.45) is 4.99 Å². The van der Waals surface area contributed by atoms with Gasteiger partial charge in [-0.2, -0.15) is 0 Å². The number of benzene rings is 1. The number of aliphatic imine (C=N–C) groups is 1. The van der Waals surface area contributed by atoms with E-state index in [0.717, 1.165) is 40.9 Å². The first-order valence-corrected chi connectivity index (χ1v) is 9.51. The van der Waals surface area contributed by atoms with Crippen molar-refractivity contribution in [2.45, 2.75) is 33.7 Å². The Bertz CT molecular complexity index is 710. The summed E-state index contributed by atoms with van der Waals surface area (Å²) in [5, 5.41) is 8.44. The average Bonchev–Trinajstić information content (AvgIpc) is 2.90. The van der Waals surface area contributed by atoms with E-state index in [-0.39, 0.29) is 0 Å². The Morgan fingerprint density at radius 1 is 1.32 bits per heavy atom. The van der Waals surface area contributed by atoms with Crippen LogP contribution in [0.4, 0.5) is 0 Å². The predicted molar refractivity (Wildman–Crippen MR) is 106 cm³/mol. The Labute approximate surface area is 158 Å². The van der Waals surface area contributed by atoms with Crippen LogP contribution in [0.2, 0.25) is 5.02 Å². The molecule has 1 heterocycles. The molecule has 0 radical (unpaired) electrons. The van der Waals surface area contributed by atoms with Crippen LogP contribution in [-0.2, 0) is 13.0 Å². The molecule has 0 fully saturated rings. The van der Waals surface area contributed by atoms with Gasteiger partial charge in [-0.25, -0.2) is 4.98 Å². The molecule has 0 saturated heterocycles. The van der Waals surface area contributed by atoms with Crippen LogP contribution in [0, 0.1) is 13.8 Å². The molecule has 2 rings (SSSR count). The van der Waals surface area contributed by atoms with Crippen molar-refractivity contribution in [1.82, 2.24) is 15.6 Å². The van der Waals surface area contributed by atoms with E-state index in [4.69, 9.17) is 16.3 Å². The minimum Gasteiger partial charge on any atom is -0.493 e. The van der Waals surface area contributed by atoms with Gasteiger partial charge in [-0.15, -0.1) is 11.3 Å². The number of hydrogen-bond acceptors (Lipinski definition) is 4. The third-order valence-electron chi connectivity index (χ3n) is 3.70. The van der Waals surface area contributed by atoms with Crippen LogP contribution in [0.15, 0.2) is 23.2 Å². The van der Waals surface area contributed by atoms with Gasteiger partial charge in [-0.1, -0.05) is 17.7 Å². The third-order valence-corrected chi connectivity index (χ3v) is 5.07. The van der Waals surface area contributed by atoms with Crippen LogP contribution >= 0.6 is 22.9 Å². The van der Waals surface area contributed by atoms with Crippen molar-refractivity contribution in [1.29, 1.82) is 0 Å². The largest absolute Gasteiger partial charge is 0.493 e. The summed E-state index contributed by atoms with van der Waals surface area (Å²) in [7, 11) is 1.76. The standard InChI is InChI=1S/C18H25ClN4OS/c1-5-24-16-10-15(19)7-6-14(16)11-22-18(20-4)21-9-8-17-23-12(2)13(3)25-17/h6-7,10H,5,8-9,11H2,1-4H3,(H2,20,21,22). The molecule has 25 heavy (non-hydrogen) atoms. The van der Waals surface area contributed by atoms with Crippen molar-refractivity contribution in [3.8, 4) is 5.75 Å². The second kappa shape index (κ2) is 9.63. The summed E-state index contributed by atoms with van der Waals surface area (Å²) in [6, 6.07) is 5.67. The number of aryl methyl sites for hydroxylation is 2. The van der Waals surface area contributed by atoms with Crippen LogP contribution < -0.4 is 15.4 Å². The lowest BCUT2D eigenvalue weighted by atomic mass is 10.2. The summed E-state index contributed by atoms with van der Waals surface area (Å²) in [6.07, 6.45) is 0.880. The number of thiazole rings is 1. The van der Waals surface area contributed by atoms with Crippen LogP contribution in [0.25, 0.3) is 0 Å². The van der Waals surface area contributed by atoms with E-state index in [1.54, 1.807) is 18.4 Å². The zero-order chi connectivity index (χ0) is 18.2. The van der Waals surface area contributed by atoms with Crippen LogP contribution in [0.5, 0.6) is 5.75 Å². The molecule has 0 unspecified atom stereocenters. The Morgan fingerprint density at radius 2 is 2.12 bits per heavy atom. The summed E-state index contributed by atoms with van der Waals surface area (Å²) < 4.78 is 5.64.